The van der Waals surface area contributed by atoms with Crippen molar-refractivity contribution in [1.82, 2.24) is 5.32 Å². The molecule has 11 heteroatoms. The molecule has 1 saturated heterocycles. The van der Waals surface area contributed by atoms with E-state index in [-0.39, 0.29) is 42.7 Å². The van der Waals surface area contributed by atoms with Crippen molar-refractivity contribution in [3.05, 3.63) is 65.2 Å². The number of nitrogens with two attached hydrogens (primary N) is 1. The molecule has 1 fully saturated rings. The zero-order valence-electron chi connectivity index (χ0n) is 16.7. The molecular weight excluding hydrogens is 431 g/mol. The van der Waals surface area contributed by atoms with Crippen LogP contribution in [0.3, 0.4) is 0 Å². The van der Waals surface area contributed by atoms with Crippen LogP contribution in [0.15, 0.2) is 48.5 Å². The van der Waals surface area contributed by atoms with Crippen molar-refractivity contribution in [1.29, 1.82) is 0 Å². The number of anilines is 1. The molecular formula is C21H20F3N3O5. The minimum atomic E-state index is -4.53. The second-order valence-electron chi connectivity index (χ2n) is 7.13. The molecule has 1 aliphatic heterocycles. The maximum atomic E-state index is 13.0. The number of halogens is 3. The van der Waals surface area contributed by atoms with Gasteiger partial charge < -0.3 is 25.8 Å². The minimum Gasteiger partial charge on any atom is -0.407 e. The number of hydrogen-bond acceptors (Lipinski definition) is 5. The summed E-state index contributed by atoms with van der Waals surface area (Å²) in [5, 5.41) is 12.7. The molecule has 8 nitrogen and oxygen atoms in total. The monoisotopic (exact) mass is 451 g/mol. The number of carbonyl (C=O) groups is 3. The molecule has 2 aromatic rings. The van der Waals surface area contributed by atoms with Crippen LogP contribution in [0, 0.1) is 0 Å². The summed E-state index contributed by atoms with van der Waals surface area (Å²) in [6.45, 7) is -0.204. The van der Waals surface area contributed by atoms with E-state index in [1.54, 1.807) is 0 Å². The largest absolute Gasteiger partial charge is 0.416 e. The SMILES string of the molecule is NC(=O)c1cccc(N2CCC(O)(OC(=O)NCCc3ccccc3C(F)(F)F)C2=O)c1. The van der Waals surface area contributed by atoms with E-state index in [9.17, 15) is 32.7 Å². The van der Waals surface area contributed by atoms with Gasteiger partial charge in [-0.15, -0.1) is 0 Å². The number of alkyl carbamates (subject to hydrolysis) is 1. The molecule has 1 heterocycles. The predicted molar refractivity (Wildman–Crippen MR) is 107 cm³/mol. The van der Waals surface area contributed by atoms with Crippen LogP contribution in [0.25, 0.3) is 0 Å². The van der Waals surface area contributed by atoms with Crippen LogP contribution >= 0.6 is 0 Å². The molecule has 1 aliphatic rings. The standard InChI is InChI=1S/C21H20F3N3O5/c22-21(23,24)16-7-2-1-4-13(16)8-10-26-19(30)32-20(31)9-11-27(18(20)29)15-6-3-5-14(12-15)17(25)28/h1-7,12,31H,8-11H2,(H2,25,28)(H,26,30). The first-order valence-electron chi connectivity index (χ1n) is 9.57. The highest BCUT2D eigenvalue weighted by Crippen LogP contribution is 2.32. The summed E-state index contributed by atoms with van der Waals surface area (Å²) < 4.78 is 44.0. The second-order valence-corrected chi connectivity index (χ2v) is 7.13. The summed E-state index contributed by atoms with van der Waals surface area (Å²) in [5.74, 6) is -4.07. The van der Waals surface area contributed by atoms with E-state index in [0.29, 0.717) is 0 Å². The molecule has 2 aromatic carbocycles. The van der Waals surface area contributed by atoms with Gasteiger partial charge in [0, 0.05) is 30.8 Å². The Morgan fingerprint density at radius 3 is 2.59 bits per heavy atom. The van der Waals surface area contributed by atoms with Gasteiger partial charge in [-0.3, -0.25) is 9.59 Å². The molecule has 0 saturated carbocycles. The van der Waals surface area contributed by atoms with E-state index < -0.39 is 35.4 Å². The van der Waals surface area contributed by atoms with Crippen molar-refractivity contribution < 1.29 is 37.4 Å². The molecule has 32 heavy (non-hydrogen) atoms. The zero-order valence-corrected chi connectivity index (χ0v) is 16.7. The summed E-state index contributed by atoms with van der Waals surface area (Å²) >= 11 is 0. The first kappa shape index (κ1) is 23.1. The molecule has 3 rings (SSSR count). The quantitative estimate of drug-likeness (QED) is 0.582. The molecule has 3 amide bonds. The van der Waals surface area contributed by atoms with Crippen LogP contribution in [-0.4, -0.2) is 41.9 Å². The zero-order chi connectivity index (χ0) is 23.5. The molecule has 4 N–H and O–H groups in total. The smallest absolute Gasteiger partial charge is 0.407 e. The van der Waals surface area contributed by atoms with Crippen molar-refractivity contribution in [3.63, 3.8) is 0 Å². The molecule has 0 aromatic heterocycles. The Labute approximate surface area is 180 Å². The van der Waals surface area contributed by atoms with Crippen LogP contribution in [-0.2, 0) is 22.1 Å². The highest BCUT2D eigenvalue weighted by Gasteiger charge is 2.49. The number of primary amides is 1. The first-order chi connectivity index (χ1) is 15.0. The molecule has 170 valence electrons. The average Bonchev–Trinajstić information content (AvgIpc) is 3.02. The number of nitrogens with one attached hydrogen (secondary N) is 1. The third kappa shape index (κ3) is 4.99. The molecule has 0 radical (unpaired) electrons. The molecule has 0 spiro atoms. The number of nitrogens with zero attached hydrogens (tertiary/aromatic N) is 1. The van der Waals surface area contributed by atoms with E-state index in [4.69, 9.17) is 10.5 Å². The maximum Gasteiger partial charge on any atom is 0.416 e. The summed E-state index contributed by atoms with van der Waals surface area (Å²) in [7, 11) is 0. The minimum absolute atomic E-state index is 0.00376. The third-order valence-corrected chi connectivity index (χ3v) is 4.94. The fourth-order valence-corrected chi connectivity index (χ4v) is 3.35. The van der Waals surface area contributed by atoms with Crippen molar-refractivity contribution >= 4 is 23.6 Å². The predicted octanol–water partition coefficient (Wildman–Crippen LogP) is 2.20. The normalized spacial score (nSPS) is 18.5. The Bertz CT molecular complexity index is 1040. The van der Waals surface area contributed by atoms with Crippen molar-refractivity contribution in [3.8, 4) is 0 Å². The van der Waals surface area contributed by atoms with Gasteiger partial charge in [0.25, 0.3) is 11.7 Å². The Hall–Kier alpha value is -3.60. The number of benzene rings is 2. The fourth-order valence-electron chi connectivity index (χ4n) is 3.35. The Morgan fingerprint density at radius 1 is 1.19 bits per heavy atom. The van der Waals surface area contributed by atoms with Gasteiger partial charge in [0.2, 0.25) is 5.91 Å². The van der Waals surface area contributed by atoms with Crippen molar-refractivity contribution in [2.45, 2.75) is 24.8 Å². The molecule has 0 bridgehead atoms. The average molecular weight is 451 g/mol. The van der Waals surface area contributed by atoms with Crippen molar-refractivity contribution in [2.75, 3.05) is 18.0 Å². The molecule has 0 aliphatic carbocycles. The van der Waals surface area contributed by atoms with Gasteiger partial charge in [-0.1, -0.05) is 24.3 Å². The van der Waals surface area contributed by atoms with Crippen LogP contribution in [0.4, 0.5) is 23.7 Å². The third-order valence-electron chi connectivity index (χ3n) is 4.94. The lowest BCUT2D eigenvalue weighted by molar-refractivity contribution is -0.175. The van der Waals surface area contributed by atoms with Gasteiger partial charge >= 0.3 is 12.3 Å². The lowest BCUT2D eigenvalue weighted by Gasteiger charge is -2.22. The van der Waals surface area contributed by atoms with Gasteiger partial charge in [-0.25, -0.2) is 4.79 Å². The van der Waals surface area contributed by atoms with Crippen molar-refractivity contribution in [2.24, 2.45) is 5.73 Å². The van der Waals surface area contributed by atoms with Gasteiger partial charge in [-0.2, -0.15) is 13.2 Å². The highest BCUT2D eigenvalue weighted by atomic mass is 19.4. The summed E-state index contributed by atoms with van der Waals surface area (Å²) in [6.07, 6.45) is -6.06. The first-order valence-corrected chi connectivity index (χ1v) is 9.57. The molecule has 1 unspecified atom stereocenters. The number of amides is 3. The lowest BCUT2D eigenvalue weighted by Crippen LogP contribution is -2.46. The van der Waals surface area contributed by atoms with Crippen LogP contribution in [0.5, 0.6) is 0 Å². The van der Waals surface area contributed by atoms with Crippen LogP contribution in [0.1, 0.15) is 27.9 Å². The van der Waals surface area contributed by atoms with Gasteiger partial charge in [-0.05, 0) is 36.2 Å². The number of aliphatic hydroxyl groups is 1. The van der Waals surface area contributed by atoms with E-state index in [2.05, 4.69) is 5.32 Å². The van der Waals surface area contributed by atoms with E-state index in [0.717, 1.165) is 11.0 Å². The number of ether oxygens (including phenoxy) is 1. The highest BCUT2D eigenvalue weighted by molar-refractivity contribution is 6.02. The Morgan fingerprint density at radius 2 is 1.91 bits per heavy atom. The van der Waals surface area contributed by atoms with Crippen LogP contribution < -0.4 is 16.0 Å². The number of hydrogen-bond donors (Lipinski definition) is 3. The second kappa shape index (κ2) is 8.87. The van der Waals surface area contributed by atoms with Gasteiger partial charge in [0.05, 0.1) is 5.56 Å². The van der Waals surface area contributed by atoms with E-state index >= 15 is 0 Å². The Balaban J connectivity index is 1.59. The lowest BCUT2D eigenvalue weighted by atomic mass is 10.0. The van der Waals surface area contributed by atoms with Crippen LogP contribution in [0.2, 0.25) is 0 Å². The maximum absolute atomic E-state index is 13.0. The number of rotatable bonds is 6. The van der Waals surface area contributed by atoms with E-state index in [1.807, 2.05) is 0 Å². The van der Waals surface area contributed by atoms with Gasteiger partial charge in [0.1, 0.15) is 0 Å². The Kier molecular flexibility index (Phi) is 6.40. The number of carbonyl (C=O) groups excluding carboxylic acids is 3. The summed E-state index contributed by atoms with van der Waals surface area (Å²) in [5.41, 5.74) is 4.84. The van der Waals surface area contributed by atoms with E-state index in [1.165, 1.54) is 42.5 Å². The molecule has 1 atom stereocenters. The number of alkyl halides is 3. The summed E-state index contributed by atoms with van der Waals surface area (Å²) in [4.78, 5) is 37.2. The van der Waals surface area contributed by atoms with Gasteiger partial charge in [0.15, 0.2) is 0 Å². The fraction of sp³-hybridized carbons (Fsp3) is 0.286. The topological polar surface area (TPSA) is 122 Å². The summed E-state index contributed by atoms with van der Waals surface area (Å²) in [6, 6.07) is 10.8.